The van der Waals surface area contributed by atoms with Gasteiger partial charge in [-0.1, -0.05) is 135 Å². The zero-order chi connectivity index (χ0) is 104. The number of esters is 3. The molecule has 0 aromatic carbocycles. The van der Waals surface area contributed by atoms with E-state index in [-0.39, 0.29) is 122 Å². The number of hydrogen-bond acceptors (Lipinski definition) is 19. The number of likely N-dealkylation sites (N-methyl/N-ethyl adjacent to an activating group) is 4. The van der Waals surface area contributed by atoms with Crippen LogP contribution in [0.1, 0.15) is 339 Å². The Morgan fingerprint density at radius 2 is 0.582 bits per heavy atom. The van der Waals surface area contributed by atoms with Gasteiger partial charge in [0.2, 0.25) is 0 Å². The summed E-state index contributed by atoms with van der Waals surface area (Å²) < 4.78 is 47.1. The lowest BCUT2D eigenvalue weighted by Crippen LogP contribution is -2.48. The minimum Gasteiger partial charge on any atom is -0.463 e. The van der Waals surface area contributed by atoms with Crippen molar-refractivity contribution in [3.05, 3.63) is 174 Å². The van der Waals surface area contributed by atoms with E-state index in [1.165, 1.54) is 29.2 Å². The molecule has 0 heterocycles. The second kappa shape index (κ2) is 53.5. The lowest BCUT2D eigenvalue weighted by Gasteiger charge is -2.54. The maximum absolute atomic E-state index is 15.1. The molecule has 0 aromatic heterocycles. The van der Waals surface area contributed by atoms with Crippen LogP contribution in [0.5, 0.6) is 0 Å². The molecule has 790 valence electrons. The molecule has 0 bridgehead atoms. The zero-order valence-corrected chi connectivity index (χ0v) is 91.3. The maximum atomic E-state index is 15.1. The number of ether oxygens (including phenoxy) is 7. The van der Waals surface area contributed by atoms with Crippen LogP contribution in [-0.4, -0.2) is 185 Å². The van der Waals surface area contributed by atoms with Gasteiger partial charge >= 0.3 is 17.9 Å². The van der Waals surface area contributed by atoms with Crippen molar-refractivity contribution in [1.82, 2.24) is 19.6 Å². The second-order valence-electron chi connectivity index (χ2n) is 50.0. The highest BCUT2D eigenvalue weighted by Gasteiger charge is 2.52. The van der Waals surface area contributed by atoms with Gasteiger partial charge in [0, 0.05) is 57.3 Å². The first kappa shape index (κ1) is 114. The molecule has 0 radical (unpaired) electrons. The number of carbonyl (C=O) groups excluding carboxylic acids is 3. The summed E-state index contributed by atoms with van der Waals surface area (Å²) in [6.45, 7) is 50.0. The van der Waals surface area contributed by atoms with Crippen molar-refractivity contribution in [2.45, 2.75) is 406 Å². The molecule has 22 heteroatoms. The first-order valence-electron chi connectivity index (χ1n) is 56.4. The van der Waals surface area contributed by atoms with Crippen molar-refractivity contribution in [2.75, 3.05) is 80.8 Å². The summed E-state index contributed by atoms with van der Waals surface area (Å²) in [5.74, 6) is 1.89. The van der Waals surface area contributed by atoms with E-state index >= 15 is 9.59 Å². The fourth-order valence-electron chi connectivity index (χ4n) is 28.2. The quantitative estimate of drug-likeness (QED) is 0.0244. The van der Waals surface area contributed by atoms with Gasteiger partial charge in [0.25, 0.3) is 17.1 Å². The molecule has 22 nitrogen and oxygen atoms in total. The van der Waals surface area contributed by atoms with Crippen molar-refractivity contribution in [2.24, 2.45) is 80.3 Å². The van der Waals surface area contributed by atoms with Crippen LogP contribution < -0.4 is 0 Å². The maximum Gasteiger partial charge on any atom is 0.309 e. The molecule has 0 aliphatic heterocycles. The third kappa shape index (κ3) is 33.0. The Labute approximate surface area is 877 Å². The van der Waals surface area contributed by atoms with Gasteiger partial charge in [-0.25, -0.2) is 30.3 Å². The Balaban J connectivity index is 0.618. The molecule has 0 spiro atoms. The monoisotopic (exact) mass is 1990 g/mol. The molecule has 13 aliphatic rings. The first-order valence-corrected chi connectivity index (χ1v) is 56.4. The van der Waals surface area contributed by atoms with Crippen molar-refractivity contribution in [3.8, 4) is 30.3 Å². The van der Waals surface area contributed by atoms with Crippen LogP contribution in [0.15, 0.2) is 140 Å². The molecule has 146 heavy (non-hydrogen) atoms. The van der Waals surface area contributed by atoms with E-state index < -0.39 is 0 Å². The molecule has 13 rings (SSSR count). The van der Waals surface area contributed by atoms with Crippen LogP contribution in [0.4, 0.5) is 0 Å². The molecule has 7 unspecified atom stereocenters. The third-order valence-electron chi connectivity index (χ3n) is 36.4. The number of hydrogen-bond donors (Lipinski definition) is 0. The number of nitrogens with zero attached hydrogens (tertiary/aromatic N) is 12. The van der Waals surface area contributed by atoms with Gasteiger partial charge in [0.15, 0.2) is 0 Å². The highest BCUT2D eigenvalue weighted by molar-refractivity contribution is 5.73. The highest BCUT2D eigenvalue weighted by atomic mass is 16.6. The predicted octanol–water partition coefficient (Wildman–Crippen LogP) is 26.1. The summed E-state index contributed by atoms with van der Waals surface area (Å²) >= 11 is 0. The first-order chi connectivity index (χ1) is 69.9. The molecule has 7 atom stereocenters. The topological polar surface area (TPSA) is 261 Å². The van der Waals surface area contributed by atoms with Gasteiger partial charge < -0.3 is 52.8 Å². The van der Waals surface area contributed by atoms with Gasteiger partial charge in [-0.3, -0.25) is 14.4 Å². The fourth-order valence-corrected chi connectivity index (χ4v) is 28.2. The smallest absolute Gasteiger partial charge is 0.309 e. The van der Waals surface area contributed by atoms with Crippen molar-refractivity contribution in [3.63, 3.8) is 0 Å². The zero-order valence-electron chi connectivity index (χ0n) is 91.3. The molecular weight excluding hydrogens is 1820 g/mol. The van der Waals surface area contributed by atoms with Crippen LogP contribution in [0.3, 0.4) is 0 Å². The third-order valence-corrected chi connectivity index (χ3v) is 36.4. The van der Waals surface area contributed by atoms with E-state index in [0.29, 0.717) is 118 Å². The van der Waals surface area contributed by atoms with Crippen LogP contribution in [0.2, 0.25) is 0 Å². The summed E-state index contributed by atoms with van der Waals surface area (Å²) in [7, 11) is 8.92. The van der Waals surface area contributed by atoms with Crippen LogP contribution >= 0.6 is 0 Å². The Morgan fingerprint density at radius 1 is 0.342 bits per heavy atom. The lowest BCUT2D eigenvalue weighted by atomic mass is 9.52. The van der Waals surface area contributed by atoms with Gasteiger partial charge in [0.1, 0.15) is 36.0 Å². The van der Waals surface area contributed by atoms with E-state index in [1.54, 1.807) is 0 Å². The Bertz CT molecular complexity index is 4600. The van der Waals surface area contributed by atoms with Crippen molar-refractivity contribution < 1.29 is 47.5 Å². The minimum atomic E-state index is -0.359. The summed E-state index contributed by atoms with van der Waals surface area (Å²) in [6.07, 6.45) is 64.2. The van der Waals surface area contributed by atoms with Crippen molar-refractivity contribution >= 4 is 17.9 Å². The number of rotatable bonds is 36. The van der Waals surface area contributed by atoms with E-state index in [1.807, 2.05) is 0 Å². The average Bonchev–Trinajstić information content (AvgIpc) is 0.757. The highest BCUT2D eigenvalue weighted by Crippen LogP contribution is 2.58. The Kier molecular flexibility index (Phi) is 41.8. The minimum absolute atomic E-state index is 0.0184. The molecule has 0 aromatic rings. The van der Waals surface area contributed by atoms with Gasteiger partial charge in [-0.15, -0.1) is 0 Å². The van der Waals surface area contributed by atoms with Crippen LogP contribution in [0, 0.1) is 157 Å². The van der Waals surface area contributed by atoms with Gasteiger partial charge in [-0.2, -0.15) is 10.5 Å². The molecule has 0 amide bonds. The van der Waals surface area contributed by atoms with Crippen LogP contribution in [-0.2, 0) is 47.5 Å². The van der Waals surface area contributed by atoms with Gasteiger partial charge in [-0.05, 0) is 411 Å². The van der Waals surface area contributed by atoms with E-state index in [2.05, 4.69) is 228 Å². The molecule has 0 N–H and O–H groups in total. The Hall–Kier alpha value is -9.11. The largest absolute Gasteiger partial charge is 0.463 e. The molecule has 0 saturated heterocycles. The summed E-state index contributed by atoms with van der Waals surface area (Å²) in [5, 5.41) is 48.5. The second-order valence-corrected chi connectivity index (χ2v) is 50.0. The predicted molar refractivity (Wildman–Crippen MR) is 573 cm³/mol. The number of carbonyl (C=O) groups is 3. The van der Waals surface area contributed by atoms with E-state index in [4.69, 9.17) is 52.9 Å². The van der Waals surface area contributed by atoms with E-state index in [0.717, 1.165) is 292 Å². The lowest BCUT2D eigenvalue weighted by molar-refractivity contribution is -0.165. The van der Waals surface area contributed by atoms with E-state index in [9.17, 15) is 31.1 Å². The summed E-state index contributed by atoms with van der Waals surface area (Å²) in [4.78, 5) is 63.0. The van der Waals surface area contributed by atoms with Gasteiger partial charge in [0.05, 0.1) is 101 Å². The summed E-state index contributed by atoms with van der Waals surface area (Å²) in [5.41, 5.74) is 8.82. The number of allylic oxidation sites excluding steroid dienone is 24. The SMILES string of the molecule is [C-]#[N+]/C(C#N)=C1C=C(/C=C/C2CCC(N(C)CCOC3CC(OCCN(C)C4CCC(/C=C/C5=CC(=C(\C#N)[N+]#[C-])/CC(C)(C)C5)CC4)CC(C(=O)OC4CCC(C(C)(C5CCC(OC(C)=O)CC5)C5CCC(OC(=O)C6CC(OCCN(C)C7CCC(/C=C/C8=CC(=C(C#N)C#N)CC(C)(C)C8)CC7)CC(OCCN(C)C7CCC(/C=C/C8=CC(=C(\C#N)[N+]#[C-])/CC(C)(C)C8)CC7)C6)CC5)CC4)C3)CC2)CC(C)(C)C\1. The Morgan fingerprint density at radius 3 is 0.815 bits per heavy atom. The molecular formula is C124H174N12O10. The van der Waals surface area contributed by atoms with Crippen LogP contribution in [0.25, 0.3) is 14.5 Å². The standard InChI is InChI=1S/C124H174N12O10/c1-85(137)144-108-48-34-101(35-49-108)124(10,102-36-50-109(51-37-102)145-118(138)94-66-111(140-58-54-133(14)104-40-26-86(27-41-104)18-22-90-62-96(100(80-125)81-126)76-120(2,3)72-90)70-112(67-94)141-59-55-134(15)105-42-28-87(29-43-105)19-23-91-63-97(115(82-127)130-11)77-121(4,5)73-91)103-38-52-110(53-39-103)146-119(139)95-68-113(142-60-56-135(16)106-44-30-88(31-45-106)20-24-92-64-98(116(83-128)131-12)78-122(6,7)74-92)71-114(69-95)143-61-57-136(17)107-46-32-89(33-47-107)21-25-93-65-99(117(84-129)132-13)79-123(8,9)75-93/h18-25,62-65,86-89,94-95,101-114H,26-61,66-79H2,1-10,14-17H3/b22-18+,23-19+,24-20+,25-21+,115-97-,116-98-,117-99+. The molecule has 9 saturated carbocycles. The average molecular weight is 1990 g/mol. The van der Waals surface area contributed by atoms with Crippen molar-refractivity contribution in [1.29, 1.82) is 26.3 Å². The number of nitriles is 5. The molecule has 13 aliphatic carbocycles. The fraction of sp³-hybridized carbons (Fsp3) is 0.718. The normalized spacial score (nSPS) is 32.7. The molecule has 9 fully saturated rings. The summed E-state index contributed by atoms with van der Waals surface area (Å²) in [6, 6.07) is 12.4.